The fourth-order valence-corrected chi connectivity index (χ4v) is 1.90. The molecule has 0 atom stereocenters. The number of urea groups is 1. The van der Waals surface area contributed by atoms with Crippen LogP contribution in [-0.2, 0) is 0 Å². The zero-order valence-corrected chi connectivity index (χ0v) is 11.8. The van der Waals surface area contributed by atoms with Gasteiger partial charge in [-0.3, -0.25) is 0 Å². The van der Waals surface area contributed by atoms with E-state index in [0.29, 0.717) is 5.69 Å². The number of aryl methyl sites for hydroxylation is 1. The van der Waals surface area contributed by atoms with E-state index in [4.69, 9.17) is 0 Å². The van der Waals surface area contributed by atoms with Gasteiger partial charge in [0.15, 0.2) is 0 Å². The van der Waals surface area contributed by atoms with Gasteiger partial charge in [-0.2, -0.15) is 0 Å². The number of amides is 2. The standard InChI is InChI=1S/C14H12BrFN2O/c1-9-6-7-10(8-11(9)15)17-14(19)18-13-5-3-2-4-12(13)16/h2-8H,1H3,(H2,17,18,19). The smallest absolute Gasteiger partial charge is 0.308 e. The Labute approximate surface area is 119 Å². The SMILES string of the molecule is Cc1ccc(NC(=O)Nc2ccccc2F)cc1Br. The second-order valence-corrected chi connectivity index (χ2v) is 4.88. The lowest BCUT2D eigenvalue weighted by molar-refractivity contribution is 0.262. The molecule has 0 saturated heterocycles. The van der Waals surface area contributed by atoms with E-state index in [-0.39, 0.29) is 5.69 Å². The third-order valence-electron chi connectivity index (χ3n) is 2.55. The highest BCUT2D eigenvalue weighted by Crippen LogP contribution is 2.21. The van der Waals surface area contributed by atoms with E-state index in [9.17, 15) is 9.18 Å². The number of carbonyl (C=O) groups excluding carboxylic acids is 1. The fraction of sp³-hybridized carbons (Fsp3) is 0.0714. The van der Waals surface area contributed by atoms with Crippen molar-refractivity contribution < 1.29 is 9.18 Å². The lowest BCUT2D eigenvalue weighted by atomic mass is 10.2. The van der Waals surface area contributed by atoms with Crippen LogP contribution >= 0.6 is 15.9 Å². The molecule has 3 nitrogen and oxygen atoms in total. The summed E-state index contributed by atoms with van der Waals surface area (Å²) >= 11 is 3.38. The molecule has 2 N–H and O–H groups in total. The quantitative estimate of drug-likeness (QED) is 0.837. The van der Waals surface area contributed by atoms with Gasteiger partial charge in [0, 0.05) is 10.2 Å². The van der Waals surface area contributed by atoms with Crippen molar-refractivity contribution in [2.75, 3.05) is 10.6 Å². The van der Waals surface area contributed by atoms with Crippen LogP contribution in [0.25, 0.3) is 0 Å². The van der Waals surface area contributed by atoms with E-state index in [1.165, 1.54) is 12.1 Å². The molecule has 0 aliphatic heterocycles. The maximum absolute atomic E-state index is 13.4. The largest absolute Gasteiger partial charge is 0.323 e. The van der Waals surface area contributed by atoms with E-state index < -0.39 is 11.8 Å². The second-order valence-electron chi connectivity index (χ2n) is 4.02. The van der Waals surface area contributed by atoms with Crippen LogP contribution in [0.1, 0.15) is 5.56 Å². The molecule has 2 aromatic rings. The first-order valence-corrected chi connectivity index (χ1v) is 6.44. The maximum Gasteiger partial charge on any atom is 0.323 e. The zero-order chi connectivity index (χ0) is 13.8. The molecule has 0 aliphatic rings. The monoisotopic (exact) mass is 322 g/mol. The number of benzene rings is 2. The number of hydrogen-bond donors (Lipinski definition) is 2. The number of anilines is 2. The summed E-state index contributed by atoms with van der Waals surface area (Å²) in [5.74, 6) is -0.470. The molecule has 0 bridgehead atoms. The number of carbonyl (C=O) groups is 1. The molecule has 0 aliphatic carbocycles. The fourth-order valence-electron chi connectivity index (χ4n) is 1.52. The molecule has 98 valence electrons. The Balaban J connectivity index is 2.05. The molecule has 0 radical (unpaired) electrons. The van der Waals surface area contributed by atoms with Gasteiger partial charge in [0.1, 0.15) is 5.82 Å². The average Bonchev–Trinajstić information content (AvgIpc) is 2.37. The van der Waals surface area contributed by atoms with E-state index in [2.05, 4.69) is 26.6 Å². The summed E-state index contributed by atoms with van der Waals surface area (Å²) in [5.41, 5.74) is 1.84. The van der Waals surface area contributed by atoms with E-state index in [1.54, 1.807) is 24.3 Å². The molecular formula is C14H12BrFN2O. The first-order valence-electron chi connectivity index (χ1n) is 5.65. The van der Waals surface area contributed by atoms with Gasteiger partial charge < -0.3 is 10.6 Å². The highest BCUT2D eigenvalue weighted by atomic mass is 79.9. The van der Waals surface area contributed by atoms with Crippen LogP contribution in [-0.4, -0.2) is 6.03 Å². The normalized spacial score (nSPS) is 10.1. The van der Waals surface area contributed by atoms with Crippen LogP contribution in [0.3, 0.4) is 0 Å². The Bertz CT molecular complexity index is 616. The Hall–Kier alpha value is -1.88. The molecular weight excluding hydrogens is 311 g/mol. The Morgan fingerprint density at radius 2 is 1.89 bits per heavy atom. The Kier molecular flexibility index (Phi) is 4.16. The molecule has 2 rings (SSSR count). The first-order chi connectivity index (χ1) is 9.06. The summed E-state index contributed by atoms with van der Waals surface area (Å²) in [7, 11) is 0. The first kappa shape index (κ1) is 13.5. The summed E-state index contributed by atoms with van der Waals surface area (Å²) in [5, 5.41) is 5.09. The van der Waals surface area contributed by atoms with Gasteiger partial charge in [-0.05, 0) is 36.8 Å². The number of para-hydroxylation sites is 1. The number of halogens is 2. The summed E-state index contributed by atoms with van der Waals surface area (Å²) in [6.07, 6.45) is 0. The summed E-state index contributed by atoms with van der Waals surface area (Å²) < 4.78 is 14.3. The van der Waals surface area contributed by atoms with E-state index in [0.717, 1.165) is 10.0 Å². The molecule has 0 spiro atoms. The van der Waals surface area contributed by atoms with Crippen molar-refractivity contribution >= 4 is 33.3 Å². The highest BCUT2D eigenvalue weighted by Gasteiger charge is 2.06. The van der Waals surface area contributed by atoms with Crippen molar-refractivity contribution in [3.63, 3.8) is 0 Å². The molecule has 2 aromatic carbocycles. The molecule has 5 heteroatoms. The number of hydrogen-bond acceptors (Lipinski definition) is 1. The van der Waals surface area contributed by atoms with Gasteiger partial charge in [0.05, 0.1) is 5.69 Å². The topological polar surface area (TPSA) is 41.1 Å². The van der Waals surface area contributed by atoms with Crippen LogP contribution < -0.4 is 10.6 Å². The summed E-state index contributed by atoms with van der Waals surface area (Å²) in [6, 6.07) is 11.0. The summed E-state index contributed by atoms with van der Waals surface area (Å²) in [6.45, 7) is 1.95. The second kappa shape index (κ2) is 5.84. The van der Waals surface area contributed by atoms with Gasteiger partial charge >= 0.3 is 6.03 Å². The molecule has 2 amide bonds. The minimum absolute atomic E-state index is 0.145. The maximum atomic E-state index is 13.4. The third kappa shape index (κ3) is 3.54. The molecule has 19 heavy (non-hydrogen) atoms. The van der Waals surface area contributed by atoms with Gasteiger partial charge in [0.2, 0.25) is 0 Å². The van der Waals surface area contributed by atoms with Gasteiger partial charge in [0.25, 0.3) is 0 Å². The van der Waals surface area contributed by atoms with Crippen LogP contribution in [0.2, 0.25) is 0 Å². The minimum Gasteiger partial charge on any atom is -0.308 e. The molecule has 0 heterocycles. The third-order valence-corrected chi connectivity index (χ3v) is 3.41. The van der Waals surface area contributed by atoms with Crippen molar-refractivity contribution in [1.29, 1.82) is 0 Å². The molecule has 0 aromatic heterocycles. The lowest BCUT2D eigenvalue weighted by Crippen LogP contribution is -2.20. The van der Waals surface area contributed by atoms with Gasteiger partial charge in [-0.25, -0.2) is 9.18 Å². The molecule has 0 saturated carbocycles. The van der Waals surface area contributed by atoms with E-state index in [1.807, 2.05) is 13.0 Å². The summed E-state index contributed by atoms with van der Waals surface area (Å²) in [4.78, 5) is 11.7. The Morgan fingerprint density at radius 3 is 2.58 bits per heavy atom. The van der Waals surface area contributed by atoms with Gasteiger partial charge in [-0.15, -0.1) is 0 Å². The van der Waals surface area contributed by atoms with Crippen molar-refractivity contribution in [2.45, 2.75) is 6.92 Å². The lowest BCUT2D eigenvalue weighted by Gasteiger charge is -2.09. The van der Waals surface area contributed by atoms with Crippen LogP contribution in [0.4, 0.5) is 20.6 Å². The number of rotatable bonds is 2. The van der Waals surface area contributed by atoms with E-state index >= 15 is 0 Å². The Morgan fingerprint density at radius 1 is 1.16 bits per heavy atom. The predicted octanol–water partition coefficient (Wildman–Crippen LogP) is 4.54. The zero-order valence-electron chi connectivity index (χ0n) is 10.2. The van der Waals surface area contributed by atoms with Crippen molar-refractivity contribution in [3.8, 4) is 0 Å². The average molecular weight is 323 g/mol. The predicted molar refractivity (Wildman–Crippen MR) is 77.9 cm³/mol. The van der Waals surface area contributed by atoms with Crippen LogP contribution in [0, 0.1) is 12.7 Å². The van der Waals surface area contributed by atoms with Crippen LogP contribution in [0.5, 0.6) is 0 Å². The molecule has 0 fully saturated rings. The number of nitrogens with one attached hydrogen (secondary N) is 2. The van der Waals surface area contributed by atoms with Gasteiger partial charge in [-0.1, -0.05) is 34.1 Å². The highest BCUT2D eigenvalue weighted by molar-refractivity contribution is 9.10. The van der Waals surface area contributed by atoms with Crippen molar-refractivity contribution in [1.82, 2.24) is 0 Å². The van der Waals surface area contributed by atoms with Crippen molar-refractivity contribution in [3.05, 3.63) is 58.3 Å². The van der Waals surface area contributed by atoms with Crippen LogP contribution in [0.15, 0.2) is 46.9 Å². The minimum atomic E-state index is -0.485. The molecule has 0 unspecified atom stereocenters. The van der Waals surface area contributed by atoms with Crippen molar-refractivity contribution in [2.24, 2.45) is 0 Å².